The molecule has 2 amide bonds. The number of methoxy groups -OCH3 is 1. The van der Waals surface area contributed by atoms with Crippen LogP contribution in [0, 0.1) is 0 Å². The standard InChI is InChI=1S/C23H35ClN4O4/c1-4-19(13-17(2)14-24)32-16-22(30)26-12-8-11-21(29)27-15-18-9-6-5-7-10-20(18)28-23(25)31-3/h4,6,9,13-14,23,28H,1,5,7-8,10-12,15-16,25H2,2-3H3,(H,26,30)(H,27,29)/b17-14+,19-13+. The average molecular weight is 467 g/mol. The maximum absolute atomic E-state index is 12.2. The van der Waals surface area contributed by atoms with Crippen LogP contribution in [0.3, 0.4) is 0 Å². The van der Waals surface area contributed by atoms with Crippen molar-refractivity contribution >= 4 is 23.4 Å². The van der Waals surface area contributed by atoms with Crippen LogP contribution in [0.4, 0.5) is 0 Å². The number of halogens is 1. The highest BCUT2D eigenvalue weighted by Crippen LogP contribution is 2.16. The highest BCUT2D eigenvalue weighted by Gasteiger charge is 2.12. The number of carbonyl (C=O) groups excluding carboxylic acids is 2. The van der Waals surface area contributed by atoms with E-state index in [0.717, 1.165) is 36.1 Å². The number of rotatable bonds is 14. The van der Waals surface area contributed by atoms with Crippen molar-refractivity contribution in [1.29, 1.82) is 0 Å². The Morgan fingerprint density at radius 2 is 2.12 bits per heavy atom. The molecule has 1 aliphatic carbocycles. The van der Waals surface area contributed by atoms with Gasteiger partial charge in [0.05, 0.1) is 0 Å². The zero-order valence-electron chi connectivity index (χ0n) is 18.9. The van der Waals surface area contributed by atoms with Crippen LogP contribution in [0.2, 0.25) is 0 Å². The number of carbonyl (C=O) groups is 2. The summed E-state index contributed by atoms with van der Waals surface area (Å²) in [6.45, 7) is 6.08. The summed E-state index contributed by atoms with van der Waals surface area (Å²) in [5, 5.41) is 8.79. The molecule has 0 aromatic rings. The van der Waals surface area contributed by atoms with E-state index < -0.39 is 6.35 Å². The minimum absolute atomic E-state index is 0.0868. The summed E-state index contributed by atoms with van der Waals surface area (Å²) < 4.78 is 10.5. The van der Waals surface area contributed by atoms with Gasteiger partial charge in [-0.3, -0.25) is 15.3 Å². The number of ether oxygens (including phenoxy) is 2. The van der Waals surface area contributed by atoms with Crippen LogP contribution in [0.15, 0.2) is 59.0 Å². The van der Waals surface area contributed by atoms with Gasteiger partial charge in [0.2, 0.25) is 5.91 Å². The van der Waals surface area contributed by atoms with E-state index in [1.807, 2.05) is 6.08 Å². The van der Waals surface area contributed by atoms with E-state index >= 15 is 0 Å². The van der Waals surface area contributed by atoms with E-state index in [1.54, 1.807) is 13.0 Å². The van der Waals surface area contributed by atoms with Crippen LogP contribution in [0.1, 0.15) is 39.0 Å². The van der Waals surface area contributed by atoms with Gasteiger partial charge in [-0.05, 0) is 55.9 Å². The van der Waals surface area contributed by atoms with Crippen LogP contribution in [-0.2, 0) is 19.1 Å². The first-order chi connectivity index (χ1) is 15.4. The van der Waals surface area contributed by atoms with E-state index in [0.29, 0.717) is 31.7 Å². The van der Waals surface area contributed by atoms with Gasteiger partial charge in [0, 0.05) is 37.9 Å². The van der Waals surface area contributed by atoms with Gasteiger partial charge in [0.15, 0.2) is 13.0 Å². The second kappa shape index (κ2) is 16.1. The molecular formula is C23H35ClN4O4. The second-order valence-electron chi connectivity index (χ2n) is 7.22. The molecule has 8 nitrogen and oxygen atoms in total. The van der Waals surface area contributed by atoms with Crippen LogP contribution in [0.5, 0.6) is 0 Å². The Balaban J connectivity index is 2.35. The zero-order chi connectivity index (χ0) is 23.8. The van der Waals surface area contributed by atoms with E-state index in [4.69, 9.17) is 26.8 Å². The molecule has 0 saturated heterocycles. The average Bonchev–Trinajstić information content (AvgIpc) is 3.02. The Morgan fingerprint density at radius 3 is 2.81 bits per heavy atom. The smallest absolute Gasteiger partial charge is 0.257 e. The van der Waals surface area contributed by atoms with Gasteiger partial charge in [-0.25, -0.2) is 0 Å². The molecule has 9 heteroatoms. The summed E-state index contributed by atoms with van der Waals surface area (Å²) in [5.41, 5.74) is 9.97. The quantitative estimate of drug-likeness (QED) is 0.135. The molecule has 0 aromatic heterocycles. The van der Waals surface area contributed by atoms with Crippen molar-refractivity contribution in [2.45, 2.75) is 45.4 Å². The molecule has 178 valence electrons. The Bertz CT molecular complexity index is 759. The third-order valence-electron chi connectivity index (χ3n) is 4.57. The van der Waals surface area contributed by atoms with Crippen LogP contribution in [-0.4, -0.2) is 45.0 Å². The van der Waals surface area contributed by atoms with Crippen molar-refractivity contribution in [3.05, 3.63) is 59.0 Å². The molecule has 0 radical (unpaired) electrons. The fourth-order valence-corrected chi connectivity index (χ4v) is 2.88. The molecule has 0 aromatic carbocycles. The highest BCUT2D eigenvalue weighted by molar-refractivity contribution is 6.25. The number of nitrogens with one attached hydrogen (secondary N) is 3. The topological polar surface area (TPSA) is 115 Å². The molecule has 1 aliphatic rings. The minimum Gasteiger partial charge on any atom is -0.484 e. The largest absolute Gasteiger partial charge is 0.484 e. The van der Waals surface area contributed by atoms with Crippen molar-refractivity contribution in [3.63, 3.8) is 0 Å². The fraction of sp³-hybridized carbons (Fsp3) is 0.478. The van der Waals surface area contributed by atoms with E-state index in [-0.39, 0.29) is 18.4 Å². The van der Waals surface area contributed by atoms with E-state index in [2.05, 4.69) is 28.6 Å². The van der Waals surface area contributed by atoms with Crippen LogP contribution in [0.25, 0.3) is 0 Å². The first-order valence-corrected chi connectivity index (χ1v) is 11.0. The summed E-state index contributed by atoms with van der Waals surface area (Å²) in [7, 11) is 1.53. The van der Waals surface area contributed by atoms with Gasteiger partial charge in [-0.15, -0.1) is 0 Å². The Kier molecular flexibility index (Phi) is 13.9. The SMILES string of the molecule is C=C/C(=C\C(C)=C\Cl)OCC(=O)NCCCC(=O)NCC1=C(NC(N)OC)CCCC=C1. The Labute approximate surface area is 195 Å². The number of hydrogen-bond donors (Lipinski definition) is 4. The number of amides is 2. The fourth-order valence-electron chi connectivity index (χ4n) is 2.82. The normalized spacial score (nSPS) is 15.6. The summed E-state index contributed by atoms with van der Waals surface area (Å²) in [6.07, 6.45) is 10.3. The third-order valence-corrected chi connectivity index (χ3v) is 4.91. The van der Waals surface area contributed by atoms with Crippen LogP contribution < -0.4 is 21.7 Å². The third kappa shape index (κ3) is 11.7. The van der Waals surface area contributed by atoms with Gasteiger partial charge in [0.1, 0.15) is 5.76 Å². The van der Waals surface area contributed by atoms with Gasteiger partial charge in [-0.2, -0.15) is 0 Å². The first-order valence-electron chi connectivity index (χ1n) is 10.6. The molecule has 0 fully saturated rings. The van der Waals surface area contributed by atoms with Crippen molar-refractivity contribution in [2.75, 3.05) is 26.8 Å². The molecule has 0 bridgehead atoms. The molecule has 0 spiro atoms. The highest BCUT2D eigenvalue weighted by atomic mass is 35.5. The maximum Gasteiger partial charge on any atom is 0.257 e. The molecule has 0 saturated carbocycles. The minimum atomic E-state index is -0.589. The van der Waals surface area contributed by atoms with E-state index in [9.17, 15) is 9.59 Å². The van der Waals surface area contributed by atoms with Gasteiger partial charge in [-0.1, -0.05) is 30.3 Å². The lowest BCUT2D eigenvalue weighted by atomic mass is 10.1. The molecule has 1 rings (SSSR count). The lowest BCUT2D eigenvalue weighted by Gasteiger charge is -2.19. The monoisotopic (exact) mass is 466 g/mol. The van der Waals surface area contributed by atoms with Gasteiger partial charge < -0.3 is 25.4 Å². The van der Waals surface area contributed by atoms with Gasteiger partial charge >= 0.3 is 0 Å². The zero-order valence-corrected chi connectivity index (χ0v) is 19.7. The summed E-state index contributed by atoms with van der Waals surface area (Å²) in [5.74, 6) is 0.0944. The summed E-state index contributed by atoms with van der Waals surface area (Å²) >= 11 is 5.61. The van der Waals surface area contributed by atoms with Crippen molar-refractivity contribution in [2.24, 2.45) is 5.73 Å². The molecular weight excluding hydrogens is 432 g/mol. The first kappa shape index (κ1) is 27.5. The summed E-state index contributed by atoms with van der Waals surface area (Å²) in [6, 6.07) is 0. The molecule has 5 N–H and O–H groups in total. The Hall–Kier alpha value is -2.55. The molecule has 1 atom stereocenters. The van der Waals surface area contributed by atoms with Crippen molar-refractivity contribution < 1.29 is 19.1 Å². The van der Waals surface area contributed by atoms with Crippen LogP contribution >= 0.6 is 11.6 Å². The number of allylic oxidation sites excluding steroid dienone is 5. The predicted octanol–water partition coefficient (Wildman–Crippen LogP) is 2.70. The second-order valence-corrected chi connectivity index (χ2v) is 7.44. The lowest BCUT2D eigenvalue weighted by molar-refractivity contribution is -0.125. The molecule has 0 aliphatic heterocycles. The van der Waals surface area contributed by atoms with Crippen molar-refractivity contribution in [3.8, 4) is 0 Å². The van der Waals surface area contributed by atoms with Gasteiger partial charge in [0.25, 0.3) is 5.91 Å². The lowest BCUT2D eigenvalue weighted by Crippen LogP contribution is -2.39. The summed E-state index contributed by atoms with van der Waals surface area (Å²) in [4.78, 5) is 24.1. The molecule has 1 unspecified atom stereocenters. The Morgan fingerprint density at radius 1 is 1.34 bits per heavy atom. The number of nitrogens with two attached hydrogens (primary N) is 1. The number of hydrogen-bond acceptors (Lipinski definition) is 6. The molecule has 32 heavy (non-hydrogen) atoms. The predicted molar refractivity (Wildman–Crippen MR) is 127 cm³/mol. The van der Waals surface area contributed by atoms with Crippen molar-refractivity contribution in [1.82, 2.24) is 16.0 Å². The van der Waals surface area contributed by atoms with E-state index in [1.165, 1.54) is 18.7 Å². The maximum atomic E-state index is 12.2. The molecule has 0 heterocycles.